The molecular formula is C37H51N3O8. The first kappa shape index (κ1) is 38.3. The van der Waals surface area contributed by atoms with Gasteiger partial charge in [-0.2, -0.15) is 0 Å². The van der Waals surface area contributed by atoms with Crippen molar-refractivity contribution >= 4 is 17.8 Å². The fourth-order valence-electron chi connectivity index (χ4n) is 4.82. The Labute approximate surface area is 284 Å². The van der Waals surface area contributed by atoms with Crippen molar-refractivity contribution in [1.29, 1.82) is 0 Å². The van der Waals surface area contributed by atoms with Gasteiger partial charge in [-0.25, -0.2) is 14.6 Å². The molecule has 0 radical (unpaired) electrons. The maximum absolute atomic E-state index is 12.1. The van der Waals surface area contributed by atoms with E-state index in [1.54, 1.807) is 13.8 Å². The summed E-state index contributed by atoms with van der Waals surface area (Å²) in [5, 5.41) is 3.38. The Hall–Kier alpha value is -4.19. The molecule has 0 aliphatic heterocycles. The van der Waals surface area contributed by atoms with Crippen LogP contribution in [-0.2, 0) is 47.9 Å². The van der Waals surface area contributed by atoms with E-state index >= 15 is 0 Å². The fourth-order valence-corrected chi connectivity index (χ4v) is 4.82. The lowest BCUT2D eigenvalue weighted by molar-refractivity contribution is -0.157. The standard InChI is InChI=1S/C37H51N3O8/c1-6-43-33(36(41)45-8-3)25-28-13-17-31(18-14-28)47-23-21-38-27-30-11-10-12-35(39-30)40(5)22-24-48-32-19-15-29(16-20-32)26-34(44-7-2)37(42)46-9-4/h10-20,33-34,38H,6-9,21-27H2,1-5H3/t33-,34?/m0/s1. The maximum atomic E-state index is 12.1. The third-order valence-corrected chi connectivity index (χ3v) is 7.26. The summed E-state index contributed by atoms with van der Waals surface area (Å²) in [6, 6.07) is 21.3. The predicted molar refractivity (Wildman–Crippen MR) is 185 cm³/mol. The van der Waals surface area contributed by atoms with Crippen molar-refractivity contribution in [2.75, 3.05) is 64.7 Å². The number of ether oxygens (including phenoxy) is 6. The molecule has 0 fully saturated rings. The summed E-state index contributed by atoms with van der Waals surface area (Å²) in [4.78, 5) is 31.1. The van der Waals surface area contributed by atoms with Crippen molar-refractivity contribution in [3.8, 4) is 11.5 Å². The van der Waals surface area contributed by atoms with E-state index in [0.717, 1.165) is 34.1 Å². The smallest absolute Gasteiger partial charge is 0.335 e. The molecule has 48 heavy (non-hydrogen) atoms. The highest BCUT2D eigenvalue weighted by Gasteiger charge is 2.21. The van der Waals surface area contributed by atoms with Crippen LogP contribution in [0.25, 0.3) is 0 Å². The molecule has 0 bridgehead atoms. The monoisotopic (exact) mass is 665 g/mol. The Morgan fingerprint density at radius 3 is 1.73 bits per heavy atom. The van der Waals surface area contributed by atoms with Gasteiger partial charge in [0.1, 0.15) is 30.5 Å². The van der Waals surface area contributed by atoms with Gasteiger partial charge in [0.25, 0.3) is 0 Å². The number of likely N-dealkylation sites (N-methyl/N-ethyl adjacent to an activating group) is 1. The molecule has 0 saturated carbocycles. The number of nitrogens with one attached hydrogen (secondary N) is 1. The molecule has 1 N–H and O–H groups in total. The van der Waals surface area contributed by atoms with E-state index in [1.807, 2.05) is 87.6 Å². The summed E-state index contributed by atoms with van der Waals surface area (Å²) >= 11 is 0. The predicted octanol–water partition coefficient (Wildman–Crippen LogP) is 4.79. The normalized spacial score (nSPS) is 12.2. The number of carbonyl (C=O) groups is 2. The Bertz CT molecular complexity index is 1350. The minimum atomic E-state index is -0.613. The number of pyridine rings is 1. The second-order valence-electron chi connectivity index (χ2n) is 10.9. The molecule has 3 aromatic rings. The average molecular weight is 666 g/mol. The van der Waals surface area contributed by atoms with Gasteiger partial charge in [-0.1, -0.05) is 30.3 Å². The van der Waals surface area contributed by atoms with Crippen LogP contribution in [0, 0.1) is 0 Å². The number of esters is 2. The minimum Gasteiger partial charge on any atom is -0.492 e. The average Bonchev–Trinajstić information content (AvgIpc) is 3.09. The number of aromatic nitrogens is 1. The molecule has 3 rings (SSSR count). The zero-order valence-electron chi connectivity index (χ0n) is 28.9. The van der Waals surface area contributed by atoms with Gasteiger partial charge in [-0.15, -0.1) is 0 Å². The quantitative estimate of drug-likeness (QED) is 0.111. The fraction of sp³-hybridized carbons (Fsp3) is 0.486. The van der Waals surface area contributed by atoms with Gasteiger partial charge in [0.05, 0.1) is 25.5 Å². The van der Waals surface area contributed by atoms with E-state index in [0.29, 0.717) is 72.1 Å². The van der Waals surface area contributed by atoms with E-state index in [2.05, 4.69) is 10.2 Å². The highest BCUT2D eigenvalue weighted by atomic mass is 16.6. The van der Waals surface area contributed by atoms with E-state index in [-0.39, 0.29) is 11.9 Å². The van der Waals surface area contributed by atoms with Crippen LogP contribution in [0.5, 0.6) is 11.5 Å². The molecule has 1 heterocycles. The first-order chi connectivity index (χ1) is 23.4. The molecule has 0 amide bonds. The second kappa shape index (κ2) is 21.6. The number of hydrogen-bond acceptors (Lipinski definition) is 11. The molecule has 0 aliphatic rings. The molecule has 1 unspecified atom stereocenters. The summed E-state index contributed by atoms with van der Waals surface area (Å²) in [5.41, 5.74) is 2.88. The van der Waals surface area contributed by atoms with Gasteiger partial charge < -0.3 is 38.6 Å². The Kier molecular flexibility index (Phi) is 17.2. The number of anilines is 1. The summed E-state index contributed by atoms with van der Waals surface area (Å²) in [5.74, 6) is 1.69. The van der Waals surface area contributed by atoms with Crippen LogP contribution in [0.1, 0.15) is 44.5 Å². The van der Waals surface area contributed by atoms with Crippen molar-refractivity contribution in [3.05, 3.63) is 83.6 Å². The minimum absolute atomic E-state index is 0.326. The third-order valence-electron chi connectivity index (χ3n) is 7.26. The van der Waals surface area contributed by atoms with Crippen LogP contribution in [-0.4, -0.2) is 88.9 Å². The number of hydrogen-bond donors (Lipinski definition) is 1. The molecular weight excluding hydrogens is 614 g/mol. The van der Waals surface area contributed by atoms with Crippen LogP contribution in [0.3, 0.4) is 0 Å². The first-order valence-corrected chi connectivity index (χ1v) is 16.7. The highest BCUT2D eigenvalue weighted by molar-refractivity contribution is 5.75. The van der Waals surface area contributed by atoms with Gasteiger partial charge in [-0.05, 0) is 75.2 Å². The zero-order chi connectivity index (χ0) is 34.6. The van der Waals surface area contributed by atoms with Crippen molar-refractivity contribution in [2.24, 2.45) is 0 Å². The molecule has 0 spiro atoms. The molecule has 0 aliphatic carbocycles. The molecule has 11 nitrogen and oxygen atoms in total. The summed E-state index contributed by atoms with van der Waals surface area (Å²) < 4.78 is 33.2. The third kappa shape index (κ3) is 13.5. The van der Waals surface area contributed by atoms with Gasteiger partial charge in [-0.3, -0.25) is 0 Å². The lowest BCUT2D eigenvalue weighted by Crippen LogP contribution is -2.29. The molecule has 1 aromatic heterocycles. The van der Waals surface area contributed by atoms with E-state index in [1.165, 1.54) is 0 Å². The maximum Gasteiger partial charge on any atom is 0.335 e. The first-order valence-electron chi connectivity index (χ1n) is 16.7. The van der Waals surface area contributed by atoms with Crippen LogP contribution in [0.15, 0.2) is 66.7 Å². The summed E-state index contributed by atoms with van der Waals surface area (Å²) in [7, 11) is 1.99. The number of benzene rings is 2. The molecule has 2 atom stereocenters. The van der Waals surface area contributed by atoms with Crippen molar-refractivity contribution in [2.45, 2.75) is 59.3 Å². The lowest BCUT2D eigenvalue weighted by atomic mass is 10.1. The topological polar surface area (TPSA) is 118 Å². The van der Waals surface area contributed by atoms with Crippen LogP contribution >= 0.6 is 0 Å². The zero-order valence-corrected chi connectivity index (χ0v) is 28.9. The van der Waals surface area contributed by atoms with E-state index in [4.69, 9.17) is 33.4 Å². The highest BCUT2D eigenvalue weighted by Crippen LogP contribution is 2.17. The molecule has 11 heteroatoms. The van der Waals surface area contributed by atoms with Crippen molar-refractivity contribution in [1.82, 2.24) is 10.3 Å². The second-order valence-corrected chi connectivity index (χ2v) is 10.9. The SMILES string of the molecule is CCOC(=O)C(Cc1ccc(OCCN(C)c2cccc(CNCCOc3ccc(C[C@H](OCC)C(=O)OCC)cc3)n2)cc1)OCC. The van der Waals surface area contributed by atoms with Crippen LogP contribution < -0.4 is 19.7 Å². The van der Waals surface area contributed by atoms with Crippen LogP contribution in [0.4, 0.5) is 5.82 Å². The Balaban J connectivity index is 1.36. The molecule has 262 valence electrons. The number of rotatable bonds is 23. The molecule has 2 aromatic carbocycles. The van der Waals surface area contributed by atoms with E-state index < -0.39 is 12.2 Å². The Morgan fingerprint density at radius 1 is 0.708 bits per heavy atom. The van der Waals surface area contributed by atoms with Gasteiger partial charge in [0.15, 0.2) is 12.2 Å². The van der Waals surface area contributed by atoms with Gasteiger partial charge in [0, 0.05) is 46.2 Å². The largest absolute Gasteiger partial charge is 0.492 e. The summed E-state index contributed by atoms with van der Waals surface area (Å²) in [6.45, 7) is 11.7. The van der Waals surface area contributed by atoms with Gasteiger partial charge >= 0.3 is 11.9 Å². The van der Waals surface area contributed by atoms with E-state index in [9.17, 15) is 9.59 Å². The summed E-state index contributed by atoms with van der Waals surface area (Å²) in [6.07, 6.45) is -0.322. The van der Waals surface area contributed by atoms with Crippen molar-refractivity contribution in [3.63, 3.8) is 0 Å². The van der Waals surface area contributed by atoms with Crippen molar-refractivity contribution < 1.29 is 38.0 Å². The Morgan fingerprint density at radius 2 is 1.23 bits per heavy atom. The van der Waals surface area contributed by atoms with Gasteiger partial charge in [0.2, 0.25) is 0 Å². The van der Waals surface area contributed by atoms with Crippen LogP contribution in [0.2, 0.25) is 0 Å². The number of carbonyl (C=O) groups excluding carboxylic acids is 2. The lowest BCUT2D eigenvalue weighted by Gasteiger charge is -2.19. The molecule has 0 saturated heterocycles. The number of nitrogens with zero attached hydrogens (tertiary/aromatic N) is 2.